The van der Waals surface area contributed by atoms with Gasteiger partial charge in [0.2, 0.25) is 5.91 Å². The van der Waals surface area contributed by atoms with Gasteiger partial charge in [0.1, 0.15) is 15.8 Å². The molecule has 1 aromatic carbocycles. The molecule has 0 radical (unpaired) electrons. The van der Waals surface area contributed by atoms with Gasteiger partial charge in [-0.3, -0.25) is 20.4 Å². The van der Waals surface area contributed by atoms with E-state index in [1.54, 1.807) is 17.5 Å². The molecule has 1 aromatic heterocycles. The summed E-state index contributed by atoms with van der Waals surface area (Å²) in [6, 6.07) is 8.47. The van der Waals surface area contributed by atoms with Crippen LogP contribution in [-0.4, -0.2) is 43.7 Å². The summed E-state index contributed by atoms with van der Waals surface area (Å²) in [4.78, 5) is 24.4. The first-order valence-corrected chi connectivity index (χ1v) is 11.6. The SMILES string of the molecule is C[C@@H](Oc1ccc(F)cc1)C(=O)NNC(=O)C1CCN(S(=O)(=O)c2cccs2)CC1. The lowest BCUT2D eigenvalue weighted by Crippen LogP contribution is -2.50. The third-order valence-electron chi connectivity index (χ3n) is 4.72. The van der Waals surface area contributed by atoms with Gasteiger partial charge in [-0.1, -0.05) is 6.07 Å². The summed E-state index contributed by atoms with van der Waals surface area (Å²) < 4.78 is 45.0. The number of benzene rings is 1. The molecule has 1 fully saturated rings. The minimum Gasteiger partial charge on any atom is -0.481 e. The van der Waals surface area contributed by atoms with E-state index < -0.39 is 33.8 Å². The number of ether oxygens (including phenoxy) is 1. The third-order valence-corrected chi connectivity index (χ3v) is 7.99. The highest BCUT2D eigenvalue weighted by molar-refractivity contribution is 7.91. The largest absolute Gasteiger partial charge is 0.481 e. The minimum absolute atomic E-state index is 0.232. The van der Waals surface area contributed by atoms with Crippen molar-refractivity contribution in [2.45, 2.75) is 30.1 Å². The summed E-state index contributed by atoms with van der Waals surface area (Å²) >= 11 is 1.16. The Hall–Kier alpha value is -2.50. The summed E-state index contributed by atoms with van der Waals surface area (Å²) in [5, 5.41) is 1.70. The van der Waals surface area contributed by atoms with Crippen molar-refractivity contribution < 1.29 is 27.1 Å². The van der Waals surface area contributed by atoms with Crippen molar-refractivity contribution >= 4 is 33.2 Å². The van der Waals surface area contributed by atoms with Crippen LogP contribution >= 0.6 is 11.3 Å². The molecule has 2 N–H and O–H groups in total. The van der Waals surface area contributed by atoms with Gasteiger partial charge in [-0.15, -0.1) is 11.3 Å². The first-order chi connectivity index (χ1) is 14.3. The lowest BCUT2D eigenvalue weighted by Gasteiger charge is -2.30. The zero-order chi connectivity index (χ0) is 21.7. The molecule has 1 aliphatic rings. The predicted molar refractivity (Wildman–Crippen MR) is 109 cm³/mol. The van der Waals surface area contributed by atoms with Crippen molar-refractivity contribution in [1.29, 1.82) is 0 Å². The number of sulfonamides is 1. The van der Waals surface area contributed by atoms with Gasteiger partial charge in [-0.05, 0) is 55.5 Å². The number of hydrazine groups is 1. The van der Waals surface area contributed by atoms with Gasteiger partial charge in [-0.25, -0.2) is 12.8 Å². The van der Waals surface area contributed by atoms with Crippen LogP contribution < -0.4 is 15.6 Å². The number of carbonyl (C=O) groups excluding carboxylic acids is 2. The Balaban J connectivity index is 1.44. The molecule has 2 amide bonds. The Labute approximate surface area is 178 Å². The van der Waals surface area contributed by atoms with Crippen LogP contribution in [0.25, 0.3) is 0 Å². The fourth-order valence-electron chi connectivity index (χ4n) is 2.99. The number of carbonyl (C=O) groups is 2. The van der Waals surface area contributed by atoms with Crippen LogP contribution in [0.3, 0.4) is 0 Å². The van der Waals surface area contributed by atoms with E-state index in [1.807, 2.05) is 0 Å². The van der Waals surface area contributed by atoms with E-state index in [-0.39, 0.29) is 23.2 Å². The molecular weight excluding hydrogens is 433 g/mol. The van der Waals surface area contributed by atoms with Gasteiger partial charge in [0.05, 0.1) is 0 Å². The van der Waals surface area contributed by atoms with Crippen molar-refractivity contribution in [2.75, 3.05) is 13.1 Å². The number of halogens is 1. The first-order valence-electron chi connectivity index (χ1n) is 9.33. The van der Waals surface area contributed by atoms with Crippen LogP contribution in [0.5, 0.6) is 5.75 Å². The van der Waals surface area contributed by atoms with Crippen LogP contribution in [0.15, 0.2) is 46.0 Å². The Morgan fingerprint density at radius 3 is 2.43 bits per heavy atom. The maximum absolute atomic E-state index is 12.9. The maximum Gasteiger partial charge on any atom is 0.279 e. The summed E-state index contributed by atoms with van der Waals surface area (Å²) in [6.45, 7) is 1.96. The van der Waals surface area contributed by atoms with Crippen molar-refractivity contribution in [3.8, 4) is 5.75 Å². The monoisotopic (exact) mass is 455 g/mol. The molecule has 11 heteroatoms. The lowest BCUT2D eigenvalue weighted by atomic mass is 9.98. The average Bonchev–Trinajstić information content (AvgIpc) is 3.29. The number of hydrogen-bond acceptors (Lipinski definition) is 6. The van der Waals surface area contributed by atoms with E-state index in [0.717, 1.165) is 11.3 Å². The number of thiophene rings is 1. The Morgan fingerprint density at radius 2 is 1.83 bits per heavy atom. The number of piperidine rings is 1. The smallest absolute Gasteiger partial charge is 0.279 e. The second-order valence-electron chi connectivity index (χ2n) is 6.80. The van der Waals surface area contributed by atoms with Crippen molar-refractivity contribution in [3.05, 3.63) is 47.6 Å². The van der Waals surface area contributed by atoms with Crippen LogP contribution in [0.1, 0.15) is 19.8 Å². The predicted octanol–water partition coefficient (Wildman–Crippen LogP) is 1.90. The summed E-state index contributed by atoms with van der Waals surface area (Å²) in [7, 11) is -3.53. The molecule has 0 spiro atoms. The van der Waals surface area contributed by atoms with Gasteiger partial charge in [0.15, 0.2) is 6.10 Å². The van der Waals surface area contributed by atoms with Crippen LogP contribution in [0.4, 0.5) is 4.39 Å². The lowest BCUT2D eigenvalue weighted by molar-refractivity contribution is -0.134. The number of rotatable bonds is 6. The fourth-order valence-corrected chi connectivity index (χ4v) is 5.61. The molecule has 1 aliphatic heterocycles. The van der Waals surface area contributed by atoms with E-state index in [2.05, 4.69) is 10.9 Å². The van der Waals surface area contributed by atoms with E-state index in [1.165, 1.54) is 35.5 Å². The van der Waals surface area contributed by atoms with E-state index in [9.17, 15) is 22.4 Å². The topological polar surface area (TPSA) is 105 Å². The highest BCUT2D eigenvalue weighted by atomic mass is 32.2. The number of nitrogens with one attached hydrogen (secondary N) is 2. The number of nitrogens with zero attached hydrogens (tertiary/aromatic N) is 1. The Bertz CT molecular complexity index is 972. The molecule has 3 rings (SSSR count). The molecular formula is C19H22FN3O5S2. The van der Waals surface area contributed by atoms with Gasteiger partial charge >= 0.3 is 0 Å². The maximum atomic E-state index is 12.9. The van der Waals surface area contributed by atoms with Crippen molar-refractivity contribution in [3.63, 3.8) is 0 Å². The fraction of sp³-hybridized carbons (Fsp3) is 0.368. The Morgan fingerprint density at radius 1 is 1.17 bits per heavy atom. The highest BCUT2D eigenvalue weighted by Gasteiger charge is 2.32. The zero-order valence-electron chi connectivity index (χ0n) is 16.2. The second kappa shape index (κ2) is 9.54. The number of hydrogen-bond donors (Lipinski definition) is 2. The summed E-state index contributed by atoms with van der Waals surface area (Å²) in [5.74, 6) is -1.45. The molecule has 2 heterocycles. The van der Waals surface area contributed by atoms with Gasteiger partial charge in [0, 0.05) is 19.0 Å². The molecule has 8 nitrogen and oxygen atoms in total. The standard InChI is InChI=1S/C19H22FN3O5S2/c1-13(28-16-6-4-15(20)5-7-16)18(24)21-22-19(25)14-8-10-23(11-9-14)30(26,27)17-3-2-12-29-17/h2-7,12-14H,8-11H2,1H3,(H,21,24)(H,22,25)/t13-/m1/s1. The molecule has 0 bridgehead atoms. The average molecular weight is 456 g/mol. The molecule has 0 unspecified atom stereocenters. The van der Waals surface area contributed by atoms with Crippen molar-refractivity contribution in [2.24, 2.45) is 5.92 Å². The highest BCUT2D eigenvalue weighted by Crippen LogP contribution is 2.26. The number of amides is 2. The van der Waals surface area contributed by atoms with Gasteiger partial charge in [-0.2, -0.15) is 4.31 Å². The zero-order valence-corrected chi connectivity index (χ0v) is 17.8. The summed E-state index contributed by atoms with van der Waals surface area (Å²) in [5.41, 5.74) is 4.67. The summed E-state index contributed by atoms with van der Waals surface area (Å²) in [6.07, 6.45) is -0.199. The first kappa shape index (κ1) is 22.2. The van der Waals surface area contributed by atoms with Crippen LogP contribution in [0.2, 0.25) is 0 Å². The minimum atomic E-state index is -3.53. The molecule has 162 valence electrons. The third kappa shape index (κ3) is 5.35. The molecule has 1 saturated heterocycles. The van der Waals surface area contributed by atoms with Crippen LogP contribution in [-0.2, 0) is 19.6 Å². The van der Waals surface area contributed by atoms with E-state index >= 15 is 0 Å². The van der Waals surface area contributed by atoms with E-state index in [4.69, 9.17) is 4.74 Å². The van der Waals surface area contributed by atoms with Crippen LogP contribution in [0, 0.1) is 11.7 Å². The second-order valence-corrected chi connectivity index (χ2v) is 9.92. The Kier molecular flexibility index (Phi) is 7.06. The molecule has 0 saturated carbocycles. The molecule has 2 aromatic rings. The van der Waals surface area contributed by atoms with E-state index in [0.29, 0.717) is 18.6 Å². The van der Waals surface area contributed by atoms with Gasteiger partial charge < -0.3 is 4.74 Å². The molecule has 30 heavy (non-hydrogen) atoms. The molecule has 1 atom stereocenters. The van der Waals surface area contributed by atoms with Gasteiger partial charge in [0.25, 0.3) is 15.9 Å². The quantitative estimate of drug-likeness (QED) is 0.648. The molecule has 0 aliphatic carbocycles. The normalized spacial score (nSPS) is 16.6. The van der Waals surface area contributed by atoms with Crippen molar-refractivity contribution in [1.82, 2.24) is 15.2 Å².